The molecule has 0 saturated carbocycles. The molecule has 0 bridgehead atoms. The van der Waals surface area contributed by atoms with Crippen LogP contribution in [0.3, 0.4) is 0 Å². The predicted octanol–water partition coefficient (Wildman–Crippen LogP) is 3.48. The minimum Gasteiger partial charge on any atom is -0.494 e. The Balaban J connectivity index is 0.00000192. The van der Waals surface area contributed by atoms with Crippen molar-refractivity contribution in [2.75, 3.05) is 6.61 Å². The minimum absolute atomic E-state index is 0. The molecule has 1 aromatic carbocycles. The van der Waals surface area contributed by atoms with Crippen molar-refractivity contribution in [1.29, 1.82) is 0 Å². The molecule has 0 N–H and O–H groups in total. The van der Waals surface area contributed by atoms with Gasteiger partial charge >= 0.3 is 0 Å². The van der Waals surface area contributed by atoms with E-state index in [-0.39, 0.29) is 12.4 Å². The molecule has 3 rings (SSSR count). The maximum Gasteiger partial charge on any atom is 0.119 e. The van der Waals surface area contributed by atoms with Gasteiger partial charge in [-0.1, -0.05) is 12.1 Å². The van der Waals surface area contributed by atoms with E-state index in [4.69, 9.17) is 4.74 Å². The number of benzene rings is 1. The third kappa shape index (κ3) is 4.36. The standard InChI is InChI=1S/C17H20N4O.ClH/c1-14-5-3-6-16(9-14)22-8-4-7-21-13-18-11-17(21)15-10-19-20(2)12-15;/h3,5-6,9-13H,4,7-8H2,1-2H3;1H. The van der Waals surface area contributed by atoms with Gasteiger partial charge in [-0.15, -0.1) is 12.4 Å². The second kappa shape index (κ2) is 7.83. The van der Waals surface area contributed by atoms with E-state index in [9.17, 15) is 0 Å². The molecular formula is C17H21ClN4O. The highest BCUT2D eigenvalue weighted by molar-refractivity contribution is 5.85. The molecule has 0 fully saturated rings. The number of ether oxygens (including phenoxy) is 1. The van der Waals surface area contributed by atoms with Gasteiger partial charge in [0, 0.05) is 25.4 Å². The smallest absolute Gasteiger partial charge is 0.119 e. The summed E-state index contributed by atoms with van der Waals surface area (Å²) in [6.07, 6.45) is 8.51. The average Bonchev–Trinajstić information content (AvgIpc) is 3.12. The maximum absolute atomic E-state index is 5.78. The highest BCUT2D eigenvalue weighted by Crippen LogP contribution is 2.18. The van der Waals surface area contributed by atoms with Crippen LogP contribution in [0.5, 0.6) is 5.75 Å². The maximum atomic E-state index is 5.78. The van der Waals surface area contributed by atoms with Gasteiger partial charge in [0.25, 0.3) is 0 Å². The van der Waals surface area contributed by atoms with E-state index in [0.29, 0.717) is 6.61 Å². The summed E-state index contributed by atoms with van der Waals surface area (Å²) in [5.74, 6) is 0.929. The Morgan fingerprint density at radius 3 is 2.83 bits per heavy atom. The second-order valence-electron chi connectivity index (χ2n) is 5.39. The Morgan fingerprint density at radius 2 is 2.09 bits per heavy atom. The molecule has 0 atom stereocenters. The molecule has 122 valence electrons. The van der Waals surface area contributed by atoms with Gasteiger partial charge in [0.15, 0.2) is 0 Å². The van der Waals surface area contributed by atoms with Gasteiger partial charge in [-0.25, -0.2) is 4.98 Å². The zero-order valence-corrected chi connectivity index (χ0v) is 14.2. The molecular weight excluding hydrogens is 312 g/mol. The molecule has 0 aliphatic rings. The number of nitrogens with zero attached hydrogens (tertiary/aromatic N) is 4. The molecule has 0 unspecified atom stereocenters. The molecule has 2 heterocycles. The summed E-state index contributed by atoms with van der Waals surface area (Å²) in [6.45, 7) is 3.63. The predicted molar refractivity (Wildman–Crippen MR) is 93.0 cm³/mol. The quantitative estimate of drug-likeness (QED) is 0.649. The number of hydrogen-bond acceptors (Lipinski definition) is 3. The molecule has 0 spiro atoms. The monoisotopic (exact) mass is 332 g/mol. The molecule has 6 heteroatoms. The van der Waals surface area contributed by atoms with Gasteiger partial charge < -0.3 is 9.30 Å². The van der Waals surface area contributed by atoms with Gasteiger partial charge in [0.05, 0.1) is 31.0 Å². The van der Waals surface area contributed by atoms with Gasteiger partial charge in [-0.05, 0) is 31.0 Å². The van der Waals surface area contributed by atoms with Crippen molar-refractivity contribution in [3.8, 4) is 17.0 Å². The average molecular weight is 333 g/mol. The molecule has 0 amide bonds. The zero-order chi connectivity index (χ0) is 15.4. The van der Waals surface area contributed by atoms with Crippen LogP contribution in [0.25, 0.3) is 11.3 Å². The number of halogens is 1. The fraction of sp³-hybridized carbons (Fsp3) is 0.294. The van der Waals surface area contributed by atoms with Gasteiger partial charge in [0.1, 0.15) is 5.75 Å². The summed E-state index contributed by atoms with van der Waals surface area (Å²) in [7, 11) is 1.92. The fourth-order valence-corrected chi connectivity index (χ4v) is 2.42. The Morgan fingerprint density at radius 1 is 1.22 bits per heavy atom. The third-order valence-electron chi connectivity index (χ3n) is 3.51. The lowest BCUT2D eigenvalue weighted by Crippen LogP contribution is -2.05. The van der Waals surface area contributed by atoms with Gasteiger partial charge in [-0.2, -0.15) is 5.10 Å². The lowest BCUT2D eigenvalue weighted by atomic mass is 10.2. The van der Waals surface area contributed by atoms with Crippen LogP contribution in [0.15, 0.2) is 49.2 Å². The third-order valence-corrected chi connectivity index (χ3v) is 3.51. The van der Waals surface area contributed by atoms with E-state index in [2.05, 4.69) is 33.7 Å². The van der Waals surface area contributed by atoms with Crippen molar-refractivity contribution in [1.82, 2.24) is 19.3 Å². The summed E-state index contributed by atoms with van der Waals surface area (Å²) in [5, 5.41) is 4.21. The molecule has 0 aliphatic carbocycles. The second-order valence-corrected chi connectivity index (χ2v) is 5.39. The van der Waals surface area contributed by atoms with Crippen LogP contribution in [-0.2, 0) is 13.6 Å². The number of imidazole rings is 1. The van der Waals surface area contributed by atoms with Crippen molar-refractivity contribution < 1.29 is 4.74 Å². The number of aryl methyl sites for hydroxylation is 3. The van der Waals surface area contributed by atoms with Crippen molar-refractivity contribution in [2.45, 2.75) is 19.9 Å². The van der Waals surface area contributed by atoms with Crippen molar-refractivity contribution >= 4 is 12.4 Å². The summed E-state index contributed by atoms with van der Waals surface area (Å²) < 4.78 is 9.72. The highest BCUT2D eigenvalue weighted by atomic mass is 35.5. The first-order valence-electron chi connectivity index (χ1n) is 7.41. The summed E-state index contributed by atoms with van der Waals surface area (Å²) in [5.41, 5.74) is 3.38. The van der Waals surface area contributed by atoms with Crippen molar-refractivity contribution in [2.24, 2.45) is 7.05 Å². The fourth-order valence-electron chi connectivity index (χ4n) is 2.42. The van der Waals surface area contributed by atoms with Crippen LogP contribution in [0.1, 0.15) is 12.0 Å². The lowest BCUT2D eigenvalue weighted by Gasteiger charge is -2.09. The summed E-state index contributed by atoms with van der Waals surface area (Å²) in [6, 6.07) is 8.13. The van der Waals surface area contributed by atoms with Gasteiger partial charge in [0.2, 0.25) is 0 Å². The van der Waals surface area contributed by atoms with Crippen LogP contribution < -0.4 is 4.74 Å². The Kier molecular flexibility index (Phi) is 5.82. The molecule has 5 nitrogen and oxygen atoms in total. The van der Waals surface area contributed by atoms with Crippen molar-refractivity contribution in [3.05, 3.63) is 54.7 Å². The first kappa shape index (κ1) is 17.1. The molecule has 0 saturated heterocycles. The lowest BCUT2D eigenvalue weighted by molar-refractivity contribution is 0.302. The van der Waals surface area contributed by atoms with E-state index in [1.54, 1.807) is 4.68 Å². The summed E-state index contributed by atoms with van der Waals surface area (Å²) in [4.78, 5) is 4.24. The van der Waals surface area contributed by atoms with Crippen LogP contribution in [0.4, 0.5) is 0 Å². The molecule has 2 aromatic heterocycles. The molecule has 0 aliphatic heterocycles. The van der Waals surface area contributed by atoms with Crippen LogP contribution in [0.2, 0.25) is 0 Å². The van der Waals surface area contributed by atoms with E-state index in [1.807, 2.05) is 44.1 Å². The topological polar surface area (TPSA) is 44.9 Å². The van der Waals surface area contributed by atoms with E-state index < -0.39 is 0 Å². The molecule has 0 radical (unpaired) electrons. The van der Waals surface area contributed by atoms with E-state index in [1.165, 1.54) is 5.56 Å². The largest absolute Gasteiger partial charge is 0.494 e. The number of hydrogen-bond donors (Lipinski definition) is 0. The zero-order valence-electron chi connectivity index (χ0n) is 13.3. The first-order valence-corrected chi connectivity index (χ1v) is 7.41. The van der Waals surface area contributed by atoms with Gasteiger partial charge in [-0.3, -0.25) is 4.68 Å². The molecule has 23 heavy (non-hydrogen) atoms. The molecule has 3 aromatic rings. The number of aromatic nitrogens is 4. The van der Waals surface area contributed by atoms with Crippen molar-refractivity contribution in [3.63, 3.8) is 0 Å². The van der Waals surface area contributed by atoms with Crippen LogP contribution in [0, 0.1) is 6.92 Å². The minimum atomic E-state index is 0. The Bertz CT molecular complexity index is 750. The van der Waals surface area contributed by atoms with E-state index in [0.717, 1.165) is 30.0 Å². The van der Waals surface area contributed by atoms with Crippen LogP contribution >= 0.6 is 12.4 Å². The normalized spacial score (nSPS) is 10.3. The number of rotatable bonds is 6. The first-order chi connectivity index (χ1) is 10.7. The Hall–Kier alpha value is -2.27. The SMILES string of the molecule is Cc1cccc(OCCCn2cncc2-c2cnn(C)c2)c1.Cl. The van der Waals surface area contributed by atoms with Crippen LogP contribution in [-0.4, -0.2) is 25.9 Å². The highest BCUT2D eigenvalue weighted by Gasteiger charge is 2.06. The Labute approximate surface area is 142 Å². The van der Waals surface area contributed by atoms with E-state index >= 15 is 0 Å². The summed E-state index contributed by atoms with van der Waals surface area (Å²) >= 11 is 0.